The van der Waals surface area contributed by atoms with Gasteiger partial charge in [-0.2, -0.15) is 0 Å². The van der Waals surface area contributed by atoms with Crippen molar-refractivity contribution in [3.8, 4) is 0 Å². The number of carbonyl (C=O) groups is 1. The average Bonchev–Trinajstić information content (AvgIpc) is 2.05. The maximum Gasteiger partial charge on any atom is 0.254 e. The van der Waals surface area contributed by atoms with Crippen LogP contribution in [-0.2, 0) is 0 Å². The summed E-state index contributed by atoms with van der Waals surface area (Å²) in [6.07, 6.45) is 1.90. The molecule has 1 heterocycles. The van der Waals surface area contributed by atoms with Crippen molar-refractivity contribution in [2.75, 3.05) is 0 Å². The fourth-order valence-corrected chi connectivity index (χ4v) is 0.732. The Morgan fingerprint density at radius 1 is 1.75 bits per heavy atom. The standard InChI is InChI=1S/C8H9N2O2/c1-6(11)10-8(12)7-3-2-4-9-5-7/h2-6,11H,1H2,(H,10,12). The van der Waals surface area contributed by atoms with Crippen LogP contribution < -0.4 is 5.32 Å². The second-order valence-corrected chi connectivity index (χ2v) is 2.23. The number of pyridine rings is 1. The number of hydrogen-bond donors (Lipinski definition) is 2. The molecule has 0 aliphatic heterocycles. The Bertz CT molecular complexity index is 259. The molecule has 0 saturated carbocycles. The van der Waals surface area contributed by atoms with Crippen LogP contribution >= 0.6 is 0 Å². The minimum atomic E-state index is -1.09. The van der Waals surface area contributed by atoms with Gasteiger partial charge in [-0.25, -0.2) is 0 Å². The zero-order valence-corrected chi connectivity index (χ0v) is 6.40. The van der Waals surface area contributed by atoms with Crippen LogP contribution in [0.2, 0.25) is 0 Å². The van der Waals surface area contributed by atoms with Crippen molar-refractivity contribution in [1.82, 2.24) is 10.3 Å². The summed E-state index contributed by atoms with van der Waals surface area (Å²) in [4.78, 5) is 14.9. The number of carbonyl (C=O) groups excluding carboxylic acids is 1. The van der Waals surface area contributed by atoms with Crippen LogP contribution in [-0.4, -0.2) is 22.2 Å². The smallest absolute Gasteiger partial charge is 0.254 e. The van der Waals surface area contributed by atoms with Crippen LogP contribution in [0.25, 0.3) is 0 Å². The van der Waals surface area contributed by atoms with Crippen LogP contribution in [0.5, 0.6) is 0 Å². The molecule has 1 rings (SSSR count). The highest BCUT2D eigenvalue weighted by atomic mass is 16.3. The lowest BCUT2D eigenvalue weighted by Crippen LogP contribution is -2.32. The van der Waals surface area contributed by atoms with Gasteiger partial charge >= 0.3 is 0 Å². The van der Waals surface area contributed by atoms with Gasteiger partial charge in [0.25, 0.3) is 5.91 Å². The third-order valence-corrected chi connectivity index (χ3v) is 1.22. The predicted molar refractivity (Wildman–Crippen MR) is 43.1 cm³/mol. The van der Waals surface area contributed by atoms with Gasteiger partial charge in [-0.15, -0.1) is 0 Å². The molecule has 1 aromatic rings. The lowest BCUT2D eigenvalue weighted by atomic mass is 10.3. The fourth-order valence-electron chi connectivity index (χ4n) is 0.732. The summed E-state index contributed by atoms with van der Waals surface area (Å²) in [5.41, 5.74) is 0.403. The van der Waals surface area contributed by atoms with E-state index in [1.807, 2.05) is 0 Å². The van der Waals surface area contributed by atoms with E-state index in [9.17, 15) is 4.79 Å². The van der Waals surface area contributed by atoms with Crippen molar-refractivity contribution in [2.24, 2.45) is 0 Å². The first kappa shape index (κ1) is 8.67. The summed E-state index contributed by atoms with van der Waals surface area (Å²) in [6.45, 7) is 3.21. The molecule has 1 atom stereocenters. The van der Waals surface area contributed by atoms with Gasteiger partial charge < -0.3 is 10.4 Å². The van der Waals surface area contributed by atoms with E-state index in [4.69, 9.17) is 5.11 Å². The summed E-state index contributed by atoms with van der Waals surface area (Å²) < 4.78 is 0. The van der Waals surface area contributed by atoms with Gasteiger partial charge in [0.05, 0.1) is 5.56 Å². The molecule has 0 spiro atoms. The summed E-state index contributed by atoms with van der Waals surface area (Å²) in [5.74, 6) is -0.384. The van der Waals surface area contributed by atoms with Gasteiger partial charge in [0.2, 0.25) is 0 Å². The molecule has 1 radical (unpaired) electrons. The number of nitrogens with zero attached hydrogens (tertiary/aromatic N) is 1. The van der Waals surface area contributed by atoms with E-state index in [1.54, 1.807) is 18.3 Å². The quantitative estimate of drug-likeness (QED) is 0.604. The lowest BCUT2D eigenvalue weighted by Gasteiger charge is -2.05. The summed E-state index contributed by atoms with van der Waals surface area (Å²) in [5, 5.41) is 10.9. The zero-order chi connectivity index (χ0) is 8.97. The molecule has 12 heavy (non-hydrogen) atoms. The molecule has 0 saturated heterocycles. The fraction of sp³-hybridized carbons (Fsp3) is 0.125. The van der Waals surface area contributed by atoms with Crippen molar-refractivity contribution in [2.45, 2.75) is 6.23 Å². The van der Waals surface area contributed by atoms with Crippen molar-refractivity contribution < 1.29 is 9.90 Å². The number of aromatic nitrogens is 1. The van der Waals surface area contributed by atoms with Crippen LogP contribution in [0, 0.1) is 6.92 Å². The minimum absolute atomic E-state index is 0.384. The summed E-state index contributed by atoms with van der Waals surface area (Å²) in [6, 6.07) is 3.25. The number of hydrogen-bond acceptors (Lipinski definition) is 3. The molecule has 0 bridgehead atoms. The number of nitrogens with one attached hydrogen (secondary N) is 1. The molecular weight excluding hydrogens is 156 g/mol. The number of rotatable bonds is 2. The molecular formula is C8H9N2O2. The van der Waals surface area contributed by atoms with Gasteiger partial charge in [0.1, 0.15) is 6.23 Å². The first-order valence-corrected chi connectivity index (χ1v) is 3.42. The Labute approximate surface area is 70.3 Å². The van der Waals surface area contributed by atoms with Gasteiger partial charge in [0, 0.05) is 12.4 Å². The second kappa shape index (κ2) is 3.82. The van der Waals surface area contributed by atoms with Crippen molar-refractivity contribution in [1.29, 1.82) is 0 Å². The third kappa shape index (κ3) is 2.32. The summed E-state index contributed by atoms with van der Waals surface area (Å²) >= 11 is 0. The Balaban J connectivity index is 2.66. The van der Waals surface area contributed by atoms with E-state index < -0.39 is 6.23 Å². The normalized spacial score (nSPS) is 12.2. The second-order valence-electron chi connectivity index (χ2n) is 2.23. The molecule has 0 fully saturated rings. The highest BCUT2D eigenvalue weighted by Crippen LogP contribution is 1.94. The Hall–Kier alpha value is -1.42. The maximum absolute atomic E-state index is 11.1. The molecule has 1 amide bonds. The Morgan fingerprint density at radius 2 is 2.50 bits per heavy atom. The molecule has 4 heteroatoms. The molecule has 63 valence electrons. The van der Waals surface area contributed by atoms with Crippen molar-refractivity contribution in [3.63, 3.8) is 0 Å². The predicted octanol–water partition coefficient (Wildman–Crippen LogP) is -0.0361. The first-order valence-electron chi connectivity index (χ1n) is 3.42. The van der Waals surface area contributed by atoms with E-state index in [0.717, 1.165) is 0 Å². The molecule has 0 aliphatic rings. The average molecular weight is 165 g/mol. The van der Waals surface area contributed by atoms with Crippen LogP contribution in [0.3, 0.4) is 0 Å². The van der Waals surface area contributed by atoms with E-state index >= 15 is 0 Å². The molecule has 4 nitrogen and oxygen atoms in total. The molecule has 0 aromatic carbocycles. The highest BCUT2D eigenvalue weighted by molar-refractivity contribution is 5.93. The van der Waals surface area contributed by atoms with Crippen LogP contribution in [0.4, 0.5) is 0 Å². The summed E-state index contributed by atoms with van der Waals surface area (Å²) in [7, 11) is 0. The minimum Gasteiger partial charge on any atom is -0.374 e. The van der Waals surface area contributed by atoms with Crippen LogP contribution in [0.1, 0.15) is 10.4 Å². The van der Waals surface area contributed by atoms with E-state index in [1.165, 1.54) is 6.20 Å². The molecule has 2 N–H and O–H groups in total. The number of aliphatic hydroxyl groups is 1. The first-order chi connectivity index (χ1) is 5.70. The topological polar surface area (TPSA) is 62.2 Å². The van der Waals surface area contributed by atoms with E-state index in [2.05, 4.69) is 17.2 Å². The SMILES string of the molecule is [CH2]C(O)NC(=O)c1cccnc1. The molecule has 1 unspecified atom stereocenters. The van der Waals surface area contributed by atoms with Gasteiger partial charge in [-0.05, 0) is 19.1 Å². The van der Waals surface area contributed by atoms with Crippen molar-refractivity contribution in [3.05, 3.63) is 37.0 Å². The molecule has 1 aromatic heterocycles. The monoisotopic (exact) mass is 165 g/mol. The number of amides is 1. The maximum atomic E-state index is 11.1. The highest BCUT2D eigenvalue weighted by Gasteiger charge is 2.05. The largest absolute Gasteiger partial charge is 0.374 e. The van der Waals surface area contributed by atoms with Gasteiger partial charge in [-0.3, -0.25) is 9.78 Å². The zero-order valence-electron chi connectivity index (χ0n) is 6.40. The lowest BCUT2D eigenvalue weighted by molar-refractivity contribution is 0.0851. The van der Waals surface area contributed by atoms with Crippen LogP contribution in [0.15, 0.2) is 24.5 Å². The molecule has 0 aliphatic carbocycles. The Morgan fingerprint density at radius 3 is 3.00 bits per heavy atom. The third-order valence-electron chi connectivity index (χ3n) is 1.22. The van der Waals surface area contributed by atoms with Gasteiger partial charge in [-0.1, -0.05) is 0 Å². The van der Waals surface area contributed by atoms with E-state index in [-0.39, 0.29) is 5.91 Å². The van der Waals surface area contributed by atoms with Crippen molar-refractivity contribution >= 4 is 5.91 Å². The number of aliphatic hydroxyl groups excluding tert-OH is 1. The van der Waals surface area contributed by atoms with Gasteiger partial charge in [0.15, 0.2) is 0 Å². The Kier molecular flexibility index (Phi) is 2.76. The van der Waals surface area contributed by atoms with E-state index in [0.29, 0.717) is 5.56 Å².